The molecule has 1 aromatic carbocycles. The molecule has 3 amide bonds. The summed E-state index contributed by atoms with van der Waals surface area (Å²) in [5.41, 5.74) is 4.73. The summed E-state index contributed by atoms with van der Waals surface area (Å²) in [4.78, 5) is 58.2. The molecule has 0 radical (unpaired) electrons. The number of likely N-dealkylation sites (tertiary alicyclic amines) is 2. The van der Waals surface area contributed by atoms with Crippen molar-refractivity contribution in [1.82, 2.24) is 14.8 Å². The molecule has 9 heteroatoms. The predicted molar refractivity (Wildman–Crippen MR) is 109 cm³/mol. The summed E-state index contributed by atoms with van der Waals surface area (Å²) in [5.74, 6) is -2.27. The Morgan fingerprint density at radius 2 is 2.00 bits per heavy atom. The number of fused-ring (bicyclic) bond motifs is 1. The van der Waals surface area contributed by atoms with Crippen LogP contribution in [0.2, 0.25) is 0 Å². The minimum absolute atomic E-state index is 0.0344. The van der Waals surface area contributed by atoms with E-state index in [2.05, 4.69) is 4.98 Å². The van der Waals surface area contributed by atoms with Gasteiger partial charge >= 0.3 is 0 Å². The van der Waals surface area contributed by atoms with Gasteiger partial charge in [-0.15, -0.1) is 0 Å². The maximum Gasteiger partial charge on any atom is 0.273 e. The van der Waals surface area contributed by atoms with Crippen LogP contribution in [0.3, 0.4) is 0 Å². The van der Waals surface area contributed by atoms with Crippen LogP contribution >= 0.6 is 0 Å². The normalized spacial score (nSPS) is 22.5. The molecule has 3 N–H and O–H groups in total. The number of benzene rings is 1. The maximum atomic E-state index is 13.1. The molecule has 2 saturated heterocycles. The first-order valence-corrected chi connectivity index (χ1v) is 9.99. The molecule has 0 aliphatic carbocycles. The molecular weight excluding hydrogens is 400 g/mol. The molecular formula is C22H22N4O5. The first kappa shape index (κ1) is 20.5. The van der Waals surface area contributed by atoms with E-state index < -0.39 is 35.1 Å². The standard InChI is InChI=1S/C22H22N4O5/c23-21(31)22-17(25(13-18(22)28)20(30)16-6-1-2-10-24-16)9-11-26(22)19(29)8-7-14-4-3-5-15(27)12-14/h1-6,10,12,17,27H,7-9,11,13H2,(H2,23,31). The number of hydrogen-bond donors (Lipinski definition) is 2. The summed E-state index contributed by atoms with van der Waals surface area (Å²) in [6, 6.07) is 10.6. The van der Waals surface area contributed by atoms with Gasteiger partial charge in [0.15, 0.2) is 5.78 Å². The lowest BCUT2D eigenvalue weighted by Gasteiger charge is -2.34. The van der Waals surface area contributed by atoms with Crippen LogP contribution in [0.4, 0.5) is 0 Å². The lowest BCUT2D eigenvalue weighted by atomic mass is 9.88. The molecule has 2 aromatic rings. The van der Waals surface area contributed by atoms with Crippen molar-refractivity contribution in [3.63, 3.8) is 0 Å². The van der Waals surface area contributed by atoms with E-state index in [1.54, 1.807) is 30.3 Å². The molecule has 4 rings (SSSR count). The lowest BCUT2D eigenvalue weighted by molar-refractivity contribution is -0.149. The van der Waals surface area contributed by atoms with Gasteiger partial charge < -0.3 is 20.6 Å². The number of nitrogens with two attached hydrogens (primary N) is 1. The molecule has 2 unspecified atom stereocenters. The molecule has 2 aliphatic heterocycles. The minimum atomic E-state index is -1.86. The van der Waals surface area contributed by atoms with Gasteiger partial charge in [-0.1, -0.05) is 18.2 Å². The van der Waals surface area contributed by atoms with E-state index in [-0.39, 0.29) is 37.4 Å². The van der Waals surface area contributed by atoms with Crippen LogP contribution in [0.1, 0.15) is 28.9 Å². The van der Waals surface area contributed by atoms with Gasteiger partial charge in [0.1, 0.15) is 11.4 Å². The number of ketones is 1. The first-order chi connectivity index (χ1) is 14.9. The van der Waals surface area contributed by atoms with E-state index in [1.165, 1.54) is 28.1 Å². The van der Waals surface area contributed by atoms with Crippen molar-refractivity contribution in [1.29, 1.82) is 0 Å². The van der Waals surface area contributed by atoms with E-state index in [1.807, 2.05) is 0 Å². The molecule has 0 saturated carbocycles. The quantitative estimate of drug-likeness (QED) is 0.665. The second kappa shape index (κ2) is 7.82. The number of amides is 3. The Balaban J connectivity index is 1.58. The number of carbonyl (C=O) groups is 4. The zero-order chi connectivity index (χ0) is 22.2. The van der Waals surface area contributed by atoms with Gasteiger partial charge in [-0.25, -0.2) is 0 Å². The third-order valence-corrected chi connectivity index (χ3v) is 6.01. The summed E-state index contributed by atoms with van der Waals surface area (Å²) in [7, 11) is 0. The summed E-state index contributed by atoms with van der Waals surface area (Å²) in [5, 5.41) is 9.59. The average Bonchev–Trinajstić information content (AvgIpc) is 3.29. The smallest absolute Gasteiger partial charge is 0.273 e. The highest BCUT2D eigenvalue weighted by Gasteiger charge is 2.67. The first-order valence-electron chi connectivity index (χ1n) is 9.99. The van der Waals surface area contributed by atoms with Crippen LogP contribution in [-0.2, 0) is 20.8 Å². The van der Waals surface area contributed by atoms with Crippen molar-refractivity contribution < 1.29 is 24.3 Å². The van der Waals surface area contributed by atoms with Crippen LogP contribution < -0.4 is 5.73 Å². The van der Waals surface area contributed by atoms with Gasteiger partial charge in [-0.05, 0) is 42.7 Å². The third-order valence-electron chi connectivity index (χ3n) is 6.01. The van der Waals surface area contributed by atoms with Crippen LogP contribution in [0, 0.1) is 0 Å². The van der Waals surface area contributed by atoms with Crippen molar-refractivity contribution >= 4 is 23.5 Å². The number of phenols is 1. The highest BCUT2D eigenvalue weighted by Crippen LogP contribution is 2.40. The van der Waals surface area contributed by atoms with Crippen molar-refractivity contribution in [3.05, 3.63) is 59.9 Å². The van der Waals surface area contributed by atoms with Crippen LogP contribution in [0.25, 0.3) is 0 Å². The fourth-order valence-corrected chi connectivity index (χ4v) is 4.62. The number of carbonyl (C=O) groups excluding carboxylic acids is 4. The Hall–Kier alpha value is -3.75. The number of aromatic hydroxyl groups is 1. The van der Waals surface area contributed by atoms with Gasteiger partial charge in [-0.2, -0.15) is 0 Å². The number of nitrogens with zero attached hydrogens (tertiary/aromatic N) is 3. The molecule has 9 nitrogen and oxygen atoms in total. The second-order valence-corrected chi connectivity index (χ2v) is 7.72. The van der Waals surface area contributed by atoms with Gasteiger partial charge in [0, 0.05) is 19.2 Å². The fraction of sp³-hybridized carbons (Fsp3) is 0.318. The van der Waals surface area contributed by atoms with Gasteiger partial charge in [-0.3, -0.25) is 24.2 Å². The summed E-state index contributed by atoms with van der Waals surface area (Å²) in [6.07, 6.45) is 2.10. The zero-order valence-electron chi connectivity index (χ0n) is 16.7. The molecule has 2 atom stereocenters. The maximum absolute atomic E-state index is 13.1. The Labute approximate surface area is 178 Å². The van der Waals surface area contributed by atoms with E-state index in [9.17, 15) is 24.3 Å². The average molecular weight is 422 g/mol. The van der Waals surface area contributed by atoms with Crippen LogP contribution in [0.5, 0.6) is 5.75 Å². The monoisotopic (exact) mass is 422 g/mol. The summed E-state index contributed by atoms with van der Waals surface area (Å²) >= 11 is 0. The Morgan fingerprint density at radius 1 is 1.19 bits per heavy atom. The number of aryl methyl sites for hydroxylation is 1. The molecule has 1 aromatic heterocycles. The van der Waals surface area contributed by atoms with Crippen molar-refractivity contribution in [3.8, 4) is 5.75 Å². The largest absolute Gasteiger partial charge is 0.508 e. The van der Waals surface area contributed by atoms with E-state index in [0.29, 0.717) is 6.42 Å². The topological polar surface area (TPSA) is 134 Å². The lowest BCUT2D eigenvalue weighted by Crippen LogP contribution is -2.64. The second-order valence-electron chi connectivity index (χ2n) is 7.72. The zero-order valence-corrected chi connectivity index (χ0v) is 16.7. The predicted octanol–water partition coefficient (Wildman–Crippen LogP) is 0.270. The molecule has 3 heterocycles. The van der Waals surface area contributed by atoms with Crippen molar-refractivity contribution in [2.24, 2.45) is 5.73 Å². The summed E-state index contributed by atoms with van der Waals surface area (Å²) in [6.45, 7) is -0.163. The number of Topliss-reactive ketones (excluding diaryl/α,β-unsaturated/α-hetero) is 1. The van der Waals surface area contributed by atoms with E-state index in [4.69, 9.17) is 5.73 Å². The van der Waals surface area contributed by atoms with Crippen molar-refractivity contribution in [2.45, 2.75) is 30.8 Å². The summed E-state index contributed by atoms with van der Waals surface area (Å²) < 4.78 is 0. The van der Waals surface area contributed by atoms with E-state index in [0.717, 1.165) is 5.56 Å². The minimum Gasteiger partial charge on any atom is -0.508 e. The number of phenolic OH excluding ortho intramolecular Hbond substituents is 1. The number of rotatable bonds is 5. The molecule has 0 bridgehead atoms. The van der Waals surface area contributed by atoms with Gasteiger partial charge in [0.05, 0.1) is 12.6 Å². The molecule has 2 aliphatic rings. The third kappa shape index (κ3) is 3.31. The number of hydrogen-bond acceptors (Lipinski definition) is 6. The molecule has 31 heavy (non-hydrogen) atoms. The Bertz CT molecular complexity index is 1060. The highest BCUT2D eigenvalue weighted by atomic mass is 16.3. The van der Waals surface area contributed by atoms with Crippen LogP contribution in [-0.4, -0.2) is 68.1 Å². The van der Waals surface area contributed by atoms with Crippen LogP contribution in [0.15, 0.2) is 48.7 Å². The molecule has 160 valence electrons. The number of aromatic nitrogens is 1. The molecule has 0 spiro atoms. The van der Waals surface area contributed by atoms with E-state index >= 15 is 0 Å². The van der Waals surface area contributed by atoms with Gasteiger partial charge in [0.2, 0.25) is 11.4 Å². The van der Waals surface area contributed by atoms with Gasteiger partial charge in [0.25, 0.3) is 11.8 Å². The Kier molecular flexibility index (Phi) is 5.18. The highest BCUT2D eigenvalue weighted by molar-refractivity contribution is 6.18. The fourth-order valence-electron chi connectivity index (χ4n) is 4.62. The number of pyridine rings is 1. The SMILES string of the molecule is NC(=O)C12C(=O)CN(C(=O)c3ccccn3)C1CCN2C(=O)CCc1cccc(O)c1. The molecule has 2 fully saturated rings. The Morgan fingerprint density at radius 3 is 2.68 bits per heavy atom. The number of primary amides is 1. The van der Waals surface area contributed by atoms with Crippen molar-refractivity contribution in [2.75, 3.05) is 13.1 Å².